The molecule has 70 valence electrons. The molecule has 0 rings (SSSR count). The molecule has 0 aromatic rings. The largest absolute Gasteiger partial charge is 0.197 e. The monoisotopic (exact) mass is 187 g/mol. The van der Waals surface area contributed by atoms with Crippen molar-refractivity contribution in [2.24, 2.45) is 0 Å². The standard InChI is InChI=1S/C10H18ClN/c1-2-3-4-5-6-7-8-10(11)9-12/h10H,2-8H2,1H3. The van der Waals surface area contributed by atoms with Gasteiger partial charge in [-0.25, -0.2) is 0 Å². The molecule has 0 aromatic heterocycles. The van der Waals surface area contributed by atoms with Crippen LogP contribution in [0, 0.1) is 11.3 Å². The topological polar surface area (TPSA) is 23.8 Å². The van der Waals surface area contributed by atoms with Crippen molar-refractivity contribution >= 4 is 11.6 Å². The van der Waals surface area contributed by atoms with Crippen LogP contribution >= 0.6 is 11.6 Å². The van der Waals surface area contributed by atoms with Gasteiger partial charge in [0.05, 0.1) is 6.07 Å². The first-order valence-corrected chi connectivity index (χ1v) is 5.28. The van der Waals surface area contributed by atoms with Gasteiger partial charge in [-0.05, 0) is 6.42 Å². The number of hydrogen-bond acceptors (Lipinski definition) is 1. The van der Waals surface area contributed by atoms with Crippen LogP contribution in [0.3, 0.4) is 0 Å². The van der Waals surface area contributed by atoms with E-state index >= 15 is 0 Å². The molecule has 1 nitrogen and oxygen atoms in total. The van der Waals surface area contributed by atoms with E-state index in [0.29, 0.717) is 0 Å². The molecule has 0 aliphatic heterocycles. The van der Waals surface area contributed by atoms with Gasteiger partial charge in [0.15, 0.2) is 0 Å². The van der Waals surface area contributed by atoms with Crippen molar-refractivity contribution < 1.29 is 0 Å². The fourth-order valence-electron chi connectivity index (χ4n) is 1.17. The Balaban J connectivity index is 2.96. The van der Waals surface area contributed by atoms with E-state index in [1.54, 1.807) is 0 Å². The van der Waals surface area contributed by atoms with Crippen molar-refractivity contribution in [3.05, 3.63) is 0 Å². The Morgan fingerprint density at radius 3 is 2.33 bits per heavy atom. The van der Waals surface area contributed by atoms with E-state index in [-0.39, 0.29) is 5.38 Å². The van der Waals surface area contributed by atoms with Gasteiger partial charge in [-0.2, -0.15) is 5.26 Å². The molecule has 0 aliphatic carbocycles. The lowest BCUT2D eigenvalue weighted by Crippen LogP contribution is -1.92. The molecule has 0 aliphatic rings. The highest BCUT2D eigenvalue weighted by atomic mass is 35.5. The minimum absolute atomic E-state index is 0.267. The molecule has 2 heteroatoms. The number of halogens is 1. The van der Waals surface area contributed by atoms with E-state index in [4.69, 9.17) is 16.9 Å². The molecule has 12 heavy (non-hydrogen) atoms. The summed E-state index contributed by atoms with van der Waals surface area (Å²) in [5.74, 6) is 0. The molecule has 0 aromatic carbocycles. The first-order valence-electron chi connectivity index (χ1n) is 4.85. The van der Waals surface area contributed by atoms with Gasteiger partial charge in [-0.3, -0.25) is 0 Å². The van der Waals surface area contributed by atoms with Crippen molar-refractivity contribution in [1.29, 1.82) is 5.26 Å². The molecule has 1 unspecified atom stereocenters. The Labute approximate surface area is 80.7 Å². The van der Waals surface area contributed by atoms with Gasteiger partial charge in [-0.1, -0.05) is 45.4 Å². The first-order chi connectivity index (χ1) is 5.81. The summed E-state index contributed by atoms with van der Waals surface area (Å²) in [6, 6.07) is 2.03. The maximum atomic E-state index is 8.39. The fraction of sp³-hybridized carbons (Fsp3) is 0.900. The molecular weight excluding hydrogens is 170 g/mol. The minimum atomic E-state index is -0.267. The summed E-state index contributed by atoms with van der Waals surface area (Å²) in [6.45, 7) is 2.21. The highest BCUT2D eigenvalue weighted by Gasteiger charge is 2.00. The Morgan fingerprint density at radius 2 is 1.75 bits per heavy atom. The van der Waals surface area contributed by atoms with Crippen molar-refractivity contribution in [3.63, 3.8) is 0 Å². The number of alkyl halides is 1. The fourth-order valence-corrected chi connectivity index (χ4v) is 1.32. The first kappa shape index (κ1) is 11.8. The third kappa shape index (κ3) is 7.88. The van der Waals surface area contributed by atoms with Gasteiger partial charge in [0.25, 0.3) is 0 Å². The smallest absolute Gasteiger partial charge is 0.120 e. The van der Waals surface area contributed by atoms with Gasteiger partial charge >= 0.3 is 0 Å². The maximum absolute atomic E-state index is 8.39. The zero-order valence-electron chi connectivity index (χ0n) is 7.85. The van der Waals surface area contributed by atoms with Crippen LogP contribution in [-0.4, -0.2) is 5.38 Å². The Kier molecular flexibility index (Phi) is 8.71. The predicted octanol–water partition coefficient (Wildman–Crippen LogP) is 3.87. The highest BCUT2D eigenvalue weighted by molar-refractivity contribution is 6.22. The Hall–Kier alpha value is -0.220. The van der Waals surface area contributed by atoms with Crippen molar-refractivity contribution in [2.75, 3.05) is 0 Å². The zero-order chi connectivity index (χ0) is 9.23. The third-order valence-corrected chi connectivity index (χ3v) is 2.27. The van der Waals surface area contributed by atoms with Gasteiger partial charge in [0.1, 0.15) is 5.38 Å². The lowest BCUT2D eigenvalue weighted by Gasteiger charge is -2.00. The van der Waals surface area contributed by atoms with Gasteiger partial charge in [-0.15, -0.1) is 11.6 Å². The van der Waals surface area contributed by atoms with E-state index in [1.165, 1.54) is 32.1 Å². The van der Waals surface area contributed by atoms with E-state index in [0.717, 1.165) is 12.8 Å². The SMILES string of the molecule is CCCCCCCCC(Cl)C#N. The highest BCUT2D eigenvalue weighted by Crippen LogP contribution is 2.10. The number of hydrogen-bond donors (Lipinski definition) is 0. The number of nitrogens with zero attached hydrogens (tertiary/aromatic N) is 1. The summed E-state index contributed by atoms with van der Waals surface area (Å²) >= 11 is 5.64. The van der Waals surface area contributed by atoms with Gasteiger partial charge in [0.2, 0.25) is 0 Å². The quantitative estimate of drug-likeness (QED) is 0.439. The van der Waals surface area contributed by atoms with E-state index in [1.807, 2.05) is 6.07 Å². The van der Waals surface area contributed by atoms with Crippen LogP contribution in [0.1, 0.15) is 51.9 Å². The summed E-state index contributed by atoms with van der Waals surface area (Å²) in [4.78, 5) is 0. The summed E-state index contributed by atoms with van der Waals surface area (Å²) < 4.78 is 0. The molecule has 0 saturated heterocycles. The number of rotatable bonds is 7. The van der Waals surface area contributed by atoms with Gasteiger partial charge in [0, 0.05) is 0 Å². The molecule has 1 atom stereocenters. The maximum Gasteiger partial charge on any atom is 0.120 e. The molecular formula is C10H18ClN. The third-order valence-electron chi connectivity index (χ3n) is 1.95. The minimum Gasteiger partial charge on any atom is -0.197 e. The molecule has 0 amide bonds. The normalized spacial score (nSPS) is 12.4. The molecule has 0 bridgehead atoms. The van der Waals surface area contributed by atoms with Crippen LogP contribution in [0.15, 0.2) is 0 Å². The lowest BCUT2D eigenvalue weighted by molar-refractivity contribution is 0.594. The van der Waals surface area contributed by atoms with Crippen LogP contribution in [-0.2, 0) is 0 Å². The second-order valence-electron chi connectivity index (χ2n) is 3.15. The van der Waals surface area contributed by atoms with Crippen molar-refractivity contribution in [1.82, 2.24) is 0 Å². The molecule has 0 heterocycles. The summed E-state index contributed by atoms with van der Waals surface area (Å²) in [5, 5.41) is 8.13. The predicted molar refractivity (Wildman–Crippen MR) is 53.2 cm³/mol. The average molecular weight is 188 g/mol. The zero-order valence-corrected chi connectivity index (χ0v) is 8.61. The van der Waals surface area contributed by atoms with Crippen LogP contribution in [0.2, 0.25) is 0 Å². The van der Waals surface area contributed by atoms with Crippen LogP contribution in [0.25, 0.3) is 0 Å². The van der Waals surface area contributed by atoms with Crippen LogP contribution < -0.4 is 0 Å². The van der Waals surface area contributed by atoms with Crippen molar-refractivity contribution in [3.8, 4) is 6.07 Å². The Bertz CT molecular complexity index is 128. The number of unbranched alkanes of at least 4 members (excludes halogenated alkanes) is 5. The Morgan fingerprint density at radius 1 is 1.17 bits per heavy atom. The van der Waals surface area contributed by atoms with Gasteiger partial charge < -0.3 is 0 Å². The molecule has 0 saturated carbocycles. The molecule has 0 N–H and O–H groups in total. The summed E-state index contributed by atoms with van der Waals surface area (Å²) in [5.41, 5.74) is 0. The number of nitriles is 1. The summed E-state index contributed by atoms with van der Waals surface area (Å²) in [6.07, 6.45) is 8.43. The lowest BCUT2D eigenvalue weighted by atomic mass is 10.1. The molecule has 0 spiro atoms. The van der Waals surface area contributed by atoms with E-state index < -0.39 is 0 Å². The second-order valence-corrected chi connectivity index (χ2v) is 3.68. The van der Waals surface area contributed by atoms with Crippen LogP contribution in [0.4, 0.5) is 0 Å². The summed E-state index contributed by atoms with van der Waals surface area (Å²) in [7, 11) is 0. The van der Waals surface area contributed by atoms with Crippen LogP contribution in [0.5, 0.6) is 0 Å². The molecule has 0 fully saturated rings. The average Bonchev–Trinajstić information content (AvgIpc) is 2.10. The van der Waals surface area contributed by atoms with E-state index in [9.17, 15) is 0 Å². The van der Waals surface area contributed by atoms with Crippen molar-refractivity contribution in [2.45, 2.75) is 57.2 Å². The molecule has 0 radical (unpaired) electrons. The second kappa shape index (κ2) is 8.87. The van der Waals surface area contributed by atoms with E-state index in [2.05, 4.69) is 6.92 Å².